The van der Waals surface area contributed by atoms with Gasteiger partial charge in [-0.25, -0.2) is 0 Å². The lowest BCUT2D eigenvalue weighted by Gasteiger charge is -2.25. The van der Waals surface area contributed by atoms with E-state index in [9.17, 15) is 0 Å². The molecule has 0 spiro atoms. The van der Waals surface area contributed by atoms with Gasteiger partial charge in [0.15, 0.2) is 0 Å². The third-order valence-corrected chi connectivity index (χ3v) is 4.85. The average molecular weight is 356 g/mol. The van der Waals surface area contributed by atoms with E-state index in [2.05, 4.69) is 96.4 Å². The van der Waals surface area contributed by atoms with Crippen LogP contribution in [0, 0.1) is 0 Å². The molecule has 0 aliphatic rings. The zero-order chi connectivity index (χ0) is 18.7. The highest BCUT2D eigenvalue weighted by Crippen LogP contribution is 2.34. The van der Waals surface area contributed by atoms with E-state index in [1.165, 1.54) is 48.3 Å². The van der Waals surface area contributed by atoms with Gasteiger partial charge in [-0.05, 0) is 67.6 Å². The molecule has 0 amide bonds. The van der Waals surface area contributed by atoms with Gasteiger partial charge >= 0.3 is 0 Å². The Bertz CT molecular complexity index is 751. The molecule has 138 valence electrons. The molecule has 3 aromatic rings. The minimum absolute atomic E-state index is 1.14. The van der Waals surface area contributed by atoms with E-state index in [4.69, 9.17) is 0 Å². The Morgan fingerprint density at radius 2 is 1.11 bits per heavy atom. The van der Waals surface area contributed by atoms with E-state index in [0.29, 0.717) is 0 Å². The van der Waals surface area contributed by atoms with Gasteiger partial charge < -0.3 is 4.90 Å². The molecule has 0 bridgehead atoms. The van der Waals surface area contributed by atoms with Crippen molar-refractivity contribution in [1.82, 2.24) is 0 Å². The van der Waals surface area contributed by atoms with Crippen LogP contribution in [0.4, 0.5) is 17.1 Å². The van der Waals surface area contributed by atoms with Crippen LogP contribution in [0.15, 0.2) is 97.6 Å². The number of nitrogens with zero attached hydrogens (tertiary/aromatic N) is 1. The summed E-state index contributed by atoms with van der Waals surface area (Å²) in [6, 6.07) is 30.1. The summed E-state index contributed by atoms with van der Waals surface area (Å²) in [5, 5.41) is 0. The van der Waals surface area contributed by atoms with Crippen LogP contribution in [0.25, 0.3) is 0 Å². The Morgan fingerprint density at radius 3 is 1.67 bits per heavy atom. The molecule has 0 aliphatic carbocycles. The topological polar surface area (TPSA) is 3.24 Å². The summed E-state index contributed by atoms with van der Waals surface area (Å²) in [4.78, 5) is 2.30. The summed E-state index contributed by atoms with van der Waals surface area (Å²) >= 11 is 0. The molecule has 1 nitrogen and oxygen atoms in total. The third-order valence-electron chi connectivity index (χ3n) is 4.85. The lowest BCUT2D eigenvalue weighted by Crippen LogP contribution is -2.09. The second kappa shape index (κ2) is 10.4. The van der Waals surface area contributed by atoms with Gasteiger partial charge in [-0.3, -0.25) is 0 Å². The van der Waals surface area contributed by atoms with Crippen molar-refractivity contribution in [3.05, 3.63) is 103 Å². The Balaban J connectivity index is 1.70. The van der Waals surface area contributed by atoms with Crippen LogP contribution in [0.5, 0.6) is 0 Å². The van der Waals surface area contributed by atoms with Gasteiger partial charge in [-0.1, -0.05) is 67.4 Å². The van der Waals surface area contributed by atoms with Gasteiger partial charge in [0.2, 0.25) is 0 Å². The first-order valence-electron chi connectivity index (χ1n) is 9.98. The van der Waals surface area contributed by atoms with Crippen LogP contribution in [0.2, 0.25) is 0 Å². The summed E-state index contributed by atoms with van der Waals surface area (Å²) in [5.41, 5.74) is 4.98. The molecule has 3 aromatic carbocycles. The number of allylic oxidation sites excluding steroid dienone is 1. The van der Waals surface area contributed by atoms with Crippen molar-refractivity contribution in [3.8, 4) is 0 Å². The van der Waals surface area contributed by atoms with Crippen molar-refractivity contribution in [3.63, 3.8) is 0 Å². The molecule has 1 heteroatoms. The minimum atomic E-state index is 1.14. The SMILES string of the molecule is C=CCCCCCCc1ccc(N(c2ccccc2)c2ccccc2)cc1. The molecule has 0 saturated heterocycles. The predicted molar refractivity (Wildman–Crippen MR) is 118 cm³/mol. The highest BCUT2D eigenvalue weighted by Gasteiger charge is 2.11. The van der Waals surface area contributed by atoms with Crippen LogP contribution >= 0.6 is 0 Å². The number of hydrogen-bond acceptors (Lipinski definition) is 1. The molecule has 0 aromatic heterocycles. The summed E-state index contributed by atoms with van der Waals surface area (Å²) in [6.07, 6.45) is 9.46. The van der Waals surface area contributed by atoms with E-state index in [1.807, 2.05) is 6.08 Å². The summed E-state index contributed by atoms with van der Waals surface area (Å²) in [5.74, 6) is 0. The van der Waals surface area contributed by atoms with Crippen LogP contribution in [-0.4, -0.2) is 0 Å². The van der Waals surface area contributed by atoms with Crippen molar-refractivity contribution in [2.24, 2.45) is 0 Å². The van der Waals surface area contributed by atoms with Gasteiger partial charge in [0, 0.05) is 17.1 Å². The van der Waals surface area contributed by atoms with Gasteiger partial charge in [-0.2, -0.15) is 0 Å². The predicted octanol–water partition coefficient (Wildman–Crippen LogP) is 7.84. The fourth-order valence-electron chi connectivity index (χ4n) is 3.38. The fraction of sp³-hybridized carbons (Fsp3) is 0.231. The third kappa shape index (κ3) is 5.59. The Morgan fingerprint density at radius 1 is 0.593 bits per heavy atom. The van der Waals surface area contributed by atoms with E-state index in [1.54, 1.807) is 0 Å². The number of hydrogen-bond donors (Lipinski definition) is 0. The molecule has 0 unspecified atom stereocenters. The molecule has 0 heterocycles. The number of anilines is 3. The first-order chi connectivity index (χ1) is 13.4. The van der Waals surface area contributed by atoms with E-state index in [0.717, 1.165) is 12.8 Å². The summed E-state index contributed by atoms with van der Waals surface area (Å²) in [6.45, 7) is 3.79. The highest BCUT2D eigenvalue weighted by molar-refractivity contribution is 5.76. The average Bonchev–Trinajstić information content (AvgIpc) is 2.73. The maximum atomic E-state index is 3.79. The number of benzene rings is 3. The lowest BCUT2D eigenvalue weighted by atomic mass is 10.0. The van der Waals surface area contributed by atoms with Gasteiger partial charge in [0.1, 0.15) is 0 Å². The quantitative estimate of drug-likeness (QED) is 0.264. The number of rotatable bonds is 10. The minimum Gasteiger partial charge on any atom is -0.311 e. The normalized spacial score (nSPS) is 10.5. The standard InChI is InChI=1S/C26H29N/c1-2-3-4-5-6-9-14-23-19-21-26(22-20-23)27(24-15-10-7-11-16-24)25-17-12-8-13-18-25/h2,7-8,10-13,15-22H,1,3-6,9,14H2. The van der Waals surface area contributed by atoms with E-state index in [-0.39, 0.29) is 0 Å². The van der Waals surface area contributed by atoms with Crippen molar-refractivity contribution in [2.75, 3.05) is 4.90 Å². The number of aryl methyl sites for hydroxylation is 1. The monoisotopic (exact) mass is 355 g/mol. The van der Waals surface area contributed by atoms with Gasteiger partial charge in [-0.15, -0.1) is 6.58 Å². The van der Waals surface area contributed by atoms with Crippen molar-refractivity contribution >= 4 is 17.1 Å². The zero-order valence-corrected chi connectivity index (χ0v) is 16.1. The molecular weight excluding hydrogens is 326 g/mol. The molecule has 27 heavy (non-hydrogen) atoms. The molecule has 0 N–H and O–H groups in total. The summed E-state index contributed by atoms with van der Waals surface area (Å²) < 4.78 is 0. The zero-order valence-electron chi connectivity index (χ0n) is 16.1. The maximum Gasteiger partial charge on any atom is 0.0461 e. The largest absolute Gasteiger partial charge is 0.311 e. The fourth-order valence-corrected chi connectivity index (χ4v) is 3.38. The molecule has 3 rings (SSSR count). The first kappa shape index (κ1) is 19.0. The van der Waals surface area contributed by atoms with E-state index >= 15 is 0 Å². The van der Waals surface area contributed by atoms with Crippen LogP contribution in [-0.2, 0) is 6.42 Å². The van der Waals surface area contributed by atoms with Crippen LogP contribution in [0.1, 0.15) is 37.7 Å². The second-order valence-corrected chi connectivity index (χ2v) is 6.91. The summed E-state index contributed by atoms with van der Waals surface area (Å²) in [7, 11) is 0. The van der Waals surface area contributed by atoms with E-state index < -0.39 is 0 Å². The Kier molecular flexibility index (Phi) is 7.29. The van der Waals surface area contributed by atoms with Gasteiger partial charge in [0.05, 0.1) is 0 Å². The molecule has 0 radical (unpaired) electrons. The van der Waals surface area contributed by atoms with Gasteiger partial charge in [0.25, 0.3) is 0 Å². The molecule has 0 atom stereocenters. The first-order valence-corrected chi connectivity index (χ1v) is 9.98. The molecule has 0 aliphatic heterocycles. The Labute approximate surface area is 164 Å². The van der Waals surface area contributed by atoms with Crippen LogP contribution < -0.4 is 4.90 Å². The molecule has 0 saturated carbocycles. The van der Waals surface area contributed by atoms with Crippen LogP contribution in [0.3, 0.4) is 0 Å². The maximum absolute atomic E-state index is 3.79. The smallest absolute Gasteiger partial charge is 0.0461 e. The second-order valence-electron chi connectivity index (χ2n) is 6.91. The molecular formula is C26H29N. The lowest BCUT2D eigenvalue weighted by molar-refractivity contribution is 0.646. The number of unbranched alkanes of at least 4 members (excludes halogenated alkanes) is 4. The van der Waals surface area contributed by atoms with Crippen molar-refractivity contribution in [2.45, 2.75) is 38.5 Å². The highest BCUT2D eigenvalue weighted by atomic mass is 15.1. The van der Waals surface area contributed by atoms with Crippen molar-refractivity contribution < 1.29 is 0 Å². The van der Waals surface area contributed by atoms with Crippen molar-refractivity contribution in [1.29, 1.82) is 0 Å². The Hall–Kier alpha value is -2.80. The number of para-hydroxylation sites is 2. The molecule has 0 fully saturated rings.